The first kappa shape index (κ1) is 26.4. The summed E-state index contributed by atoms with van der Waals surface area (Å²) < 4.78 is 11.5. The summed E-state index contributed by atoms with van der Waals surface area (Å²) in [5.41, 5.74) is 3.71. The van der Waals surface area contributed by atoms with Crippen LogP contribution in [0.1, 0.15) is 37.5 Å². The molecule has 0 spiro atoms. The maximum atomic E-state index is 5.97. The molecular weight excluding hydrogens is 515 g/mol. The fourth-order valence-electron chi connectivity index (χ4n) is 3.62. The van der Waals surface area contributed by atoms with Crippen LogP contribution in [0.5, 0.6) is 0 Å². The highest BCUT2D eigenvalue weighted by Gasteiger charge is 2.14. The summed E-state index contributed by atoms with van der Waals surface area (Å²) in [6.07, 6.45) is 1.03. The second-order valence-electron chi connectivity index (χ2n) is 7.63. The van der Waals surface area contributed by atoms with E-state index in [1.807, 2.05) is 18.2 Å². The zero-order chi connectivity index (χ0) is 21.7. The molecule has 7 heteroatoms. The van der Waals surface area contributed by atoms with Gasteiger partial charge in [0.2, 0.25) is 0 Å². The fraction of sp³-hybridized carbons (Fsp3) is 0.480. The van der Waals surface area contributed by atoms with Gasteiger partial charge < -0.3 is 25.0 Å². The Morgan fingerprint density at radius 1 is 1.06 bits per heavy atom. The number of morpholine rings is 1. The van der Waals surface area contributed by atoms with Gasteiger partial charge in [-0.3, -0.25) is 0 Å². The molecule has 0 aliphatic carbocycles. The van der Waals surface area contributed by atoms with Crippen molar-refractivity contribution in [3.05, 3.63) is 65.7 Å². The van der Waals surface area contributed by atoms with Gasteiger partial charge in [-0.15, -0.1) is 24.0 Å². The molecular formula is C25H37IN4O2. The van der Waals surface area contributed by atoms with Crippen LogP contribution in [0.4, 0.5) is 5.69 Å². The predicted octanol–water partition coefficient (Wildman–Crippen LogP) is 4.36. The molecule has 2 N–H and O–H groups in total. The van der Waals surface area contributed by atoms with Crippen LogP contribution in [0.3, 0.4) is 0 Å². The number of guanidine groups is 1. The second-order valence-corrected chi connectivity index (χ2v) is 7.63. The van der Waals surface area contributed by atoms with Crippen LogP contribution in [0.15, 0.2) is 59.6 Å². The lowest BCUT2D eigenvalue weighted by Crippen LogP contribution is -2.38. The highest BCUT2D eigenvalue weighted by atomic mass is 127. The lowest BCUT2D eigenvalue weighted by molar-refractivity contribution is 0.0646. The molecule has 2 aromatic carbocycles. The minimum Gasteiger partial charge on any atom is -0.378 e. The standard InChI is InChI=1S/C25H36N4O2.HI/c1-3-26-25(27-14-9-17-31-21(2)22-10-5-4-6-11-22)28-20-23-12-7-8-13-24(23)29-15-18-30-19-16-29;/h4-8,10-13,21H,3,9,14-20H2,1-2H3,(H2,26,27,28);1H. The van der Waals surface area contributed by atoms with Crippen molar-refractivity contribution in [1.82, 2.24) is 10.6 Å². The third-order valence-corrected chi connectivity index (χ3v) is 5.35. The molecule has 1 unspecified atom stereocenters. The first-order valence-electron chi connectivity index (χ1n) is 11.4. The summed E-state index contributed by atoms with van der Waals surface area (Å²) in [4.78, 5) is 7.20. The number of hydrogen-bond acceptors (Lipinski definition) is 4. The van der Waals surface area contributed by atoms with Crippen LogP contribution in [0, 0.1) is 0 Å². The molecule has 176 valence electrons. The molecule has 1 aliphatic heterocycles. The largest absolute Gasteiger partial charge is 0.378 e. The molecule has 0 radical (unpaired) electrons. The maximum absolute atomic E-state index is 5.97. The Labute approximate surface area is 209 Å². The summed E-state index contributed by atoms with van der Waals surface area (Å²) in [6.45, 7) is 10.6. The number of ether oxygens (including phenoxy) is 2. The van der Waals surface area contributed by atoms with Gasteiger partial charge in [0.05, 0.1) is 25.9 Å². The molecule has 0 amide bonds. The van der Waals surface area contributed by atoms with Gasteiger partial charge in [-0.05, 0) is 37.5 Å². The Kier molecular flexibility index (Phi) is 12.4. The predicted molar refractivity (Wildman–Crippen MR) is 143 cm³/mol. The lowest BCUT2D eigenvalue weighted by atomic mass is 10.1. The number of hydrogen-bond donors (Lipinski definition) is 2. The van der Waals surface area contributed by atoms with Crippen LogP contribution in [-0.4, -0.2) is 52.0 Å². The molecule has 0 bridgehead atoms. The van der Waals surface area contributed by atoms with E-state index in [-0.39, 0.29) is 30.1 Å². The summed E-state index contributed by atoms with van der Waals surface area (Å²) in [6, 6.07) is 18.9. The Balaban J connectivity index is 0.00000363. The third-order valence-electron chi connectivity index (χ3n) is 5.35. The highest BCUT2D eigenvalue weighted by molar-refractivity contribution is 14.0. The van der Waals surface area contributed by atoms with E-state index in [1.54, 1.807) is 0 Å². The zero-order valence-corrected chi connectivity index (χ0v) is 21.6. The Bertz CT molecular complexity index is 798. The number of para-hydroxylation sites is 1. The molecule has 1 atom stereocenters. The van der Waals surface area contributed by atoms with E-state index in [2.05, 4.69) is 65.8 Å². The van der Waals surface area contributed by atoms with Crippen LogP contribution in [0.25, 0.3) is 0 Å². The van der Waals surface area contributed by atoms with Crippen molar-refractivity contribution in [1.29, 1.82) is 0 Å². The number of halogens is 1. The van der Waals surface area contributed by atoms with Crippen LogP contribution in [0.2, 0.25) is 0 Å². The molecule has 1 fully saturated rings. The quantitative estimate of drug-likeness (QED) is 0.199. The van der Waals surface area contributed by atoms with Gasteiger partial charge in [-0.1, -0.05) is 48.5 Å². The van der Waals surface area contributed by atoms with Gasteiger partial charge in [0.1, 0.15) is 0 Å². The van der Waals surface area contributed by atoms with E-state index < -0.39 is 0 Å². The molecule has 2 aromatic rings. The summed E-state index contributed by atoms with van der Waals surface area (Å²) in [5, 5.41) is 6.77. The van der Waals surface area contributed by atoms with Crippen molar-refractivity contribution in [2.24, 2.45) is 4.99 Å². The first-order chi connectivity index (χ1) is 15.3. The van der Waals surface area contributed by atoms with Crippen molar-refractivity contribution < 1.29 is 9.47 Å². The van der Waals surface area contributed by atoms with Crippen LogP contribution < -0.4 is 15.5 Å². The van der Waals surface area contributed by atoms with E-state index in [9.17, 15) is 0 Å². The summed E-state index contributed by atoms with van der Waals surface area (Å²) >= 11 is 0. The first-order valence-corrected chi connectivity index (χ1v) is 11.4. The number of nitrogens with one attached hydrogen (secondary N) is 2. The normalized spacial score (nSPS) is 15.1. The van der Waals surface area contributed by atoms with Crippen molar-refractivity contribution in [2.45, 2.75) is 32.9 Å². The molecule has 0 aromatic heterocycles. The minimum atomic E-state index is 0. The smallest absolute Gasteiger partial charge is 0.191 e. The Morgan fingerprint density at radius 2 is 1.78 bits per heavy atom. The van der Waals surface area contributed by atoms with Crippen LogP contribution in [-0.2, 0) is 16.0 Å². The van der Waals surface area contributed by atoms with Gasteiger partial charge in [-0.25, -0.2) is 4.99 Å². The van der Waals surface area contributed by atoms with Crippen LogP contribution >= 0.6 is 24.0 Å². The van der Waals surface area contributed by atoms with Gasteiger partial charge in [0.25, 0.3) is 0 Å². The number of anilines is 1. The second kappa shape index (κ2) is 15.1. The number of benzene rings is 2. The monoisotopic (exact) mass is 552 g/mol. The fourth-order valence-corrected chi connectivity index (χ4v) is 3.62. The van der Waals surface area contributed by atoms with E-state index in [1.165, 1.54) is 16.8 Å². The average Bonchev–Trinajstić information content (AvgIpc) is 2.83. The summed E-state index contributed by atoms with van der Waals surface area (Å²) in [5.74, 6) is 0.843. The van der Waals surface area contributed by atoms with Crippen molar-refractivity contribution in [2.75, 3.05) is 50.9 Å². The lowest BCUT2D eigenvalue weighted by Gasteiger charge is -2.30. The van der Waals surface area contributed by atoms with E-state index in [0.717, 1.165) is 51.8 Å². The molecule has 6 nitrogen and oxygen atoms in total. The Hall–Kier alpha value is -1.84. The van der Waals surface area contributed by atoms with E-state index in [0.29, 0.717) is 13.2 Å². The van der Waals surface area contributed by atoms with Gasteiger partial charge in [0.15, 0.2) is 5.96 Å². The summed E-state index contributed by atoms with van der Waals surface area (Å²) in [7, 11) is 0. The molecule has 3 rings (SSSR count). The molecule has 32 heavy (non-hydrogen) atoms. The van der Waals surface area contributed by atoms with Crippen molar-refractivity contribution in [3.63, 3.8) is 0 Å². The van der Waals surface area contributed by atoms with Crippen molar-refractivity contribution >= 4 is 35.6 Å². The van der Waals surface area contributed by atoms with Gasteiger partial charge in [0, 0.05) is 38.5 Å². The Morgan fingerprint density at radius 3 is 2.53 bits per heavy atom. The molecule has 0 saturated carbocycles. The van der Waals surface area contributed by atoms with E-state index in [4.69, 9.17) is 14.5 Å². The topological polar surface area (TPSA) is 58.1 Å². The number of aliphatic imine (C=N–C) groups is 1. The minimum absolute atomic E-state index is 0. The maximum Gasteiger partial charge on any atom is 0.191 e. The van der Waals surface area contributed by atoms with Gasteiger partial charge >= 0.3 is 0 Å². The highest BCUT2D eigenvalue weighted by Crippen LogP contribution is 2.22. The van der Waals surface area contributed by atoms with E-state index >= 15 is 0 Å². The zero-order valence-electron chi connectivity index (χ0n) is 19.3. The number of nitrogens with zero attached hydrogens (tertiary/aromatic N) is 2. The van der Waals surface area contributed by atoms with Gasteiger partial charge in [-0.2, -0.15) is 0 Å². The SMILES string of the molecule is CCNC(=NCc1ccccc1N1CCOCC1)NCCCOC(C)c1ccccc1.I. The molecule has 1 heterocycles. The van der Waals surface area contributed by atoms with Crippen molar-refractivity contribution in [3.8, 4) is 0 Å². The third kappa shape index (κ3) is 8.60. The number of rotatable bonds is 10. The molecule has 1 saturated heterocycles. The average molecular weight is 553 g/mol. The molecule has 1 aliphatic rings.